The molecular formula is C22H24BrFN4. The maximum atomic E-state index is 13.8. The van der Waals surface area contributed by atoms with Gasteiger partial charge in [0.1, 0.15) is 5.82 Å². The summed E-state index contributed by atoms with van der Waals surface area (Å²) in [5, 5.41) is 4.45. The Kier molecular flexibility index (Phi) is 5.90. The van der Waals surface area contributed by atoms with Gasteiger partial charge < -0.3 is 10.2 Å². The Morgan fingerprint density at radius 3 is 2.82 bits per heavy atom. The third kappa shape index (κ3) is 4.19. The van der Waals surface area contributed by atoms with Crippen molar-refractivity contribution in [1.82, 2.24) is 14.8 Å². The second-order valence-corrected chi connectivity index (χ2v) is 8.15. The molecule has 6 heteroatoms. The minimum atomic E-state index is -0.291. The molecule has 4 rings (SSSR count). The van der Waals surface area contributed by atoms with E-state index in [1.54, 1.807) is 12.3 Å². The highest BCUT2D eigenvalue weighted by Crippen LogP contribution is 2.28. The highest BCUT2D eigenvalue weighted by molar-refractivity contribution is 9.10. The Bertz CT molecular complexity index is 950. The molecule has 1 atom stereocenters. The van der Waals surface area contributed by atoms with Gasteiger partial charge in [-0.25, -0.2) is 4.39 Å². The lowest BCUT2D eigenvalue weighted by molar-refractivity contribution is 0.0938. The first kappa shape index (κ1) is 19.3. The zero-order chi connectivity index (χ0) is 19.5. The Labute approximate surface area is 173 Å². The standard InChI is InChI=1S/C22H24BrFN4/c1-27-11-12-28(22(15-27)16-5-3-2-4-6-16)10-9-26-20-7-8-25-21-14-19(24)18(23)13-17(20)21/h2-8,13-14,22H,9-12,15H2,1H3,(H,25,26). The minimum absolute atomic E-state index is 0.291. The van der Waals surface area contributed by atoms with Crippen molar-refractivity contribution in [3.8, 4) is 0 Å². The van der Waals surface area contributed by atoms with Gasteiger partial charge in [0, 0.05) is 62.1 Å². The minimum Gasteiger partial charge on any atom is -0.383 e. The van der Waals surface area contributed by atoms with Crippen LogP contribution in [0.4, 0.5) is 10.1 Å². The number of nitrogens with zero attached hydrogens (tertiary/aromatic N) is 3. The average Bonchev–Trinajstić information content (AvgIpc) is 2.71. The van der Waals surface area contributed by atoms with Gasteiger partial charge in [0.05, 0.1) is 9.99 Å². The molecule has 1 fully saturated rings. The molecular weight excluding hydrogens is 419 g/mol. The fraction of sp³-hybridized carbons (Fsp3) is 0.318. The molecule has 1 aliphatic rings. The third-order valence-corrected chi connectivity index (χ3v) is 5.98. The van der Waals surface area contributed by atoms with Crippen LogP contribution in [-0.4, -0.2) is 54.6 Å². The van der Waals surface area contributed by atoms with E-state index in [4.69, 9.17) is 0 Å². The zero-order valence-electron chi connectivity index (χ0n) is 15.9. The fourth-order valence-corrected chi connectivity index (χ4v) is 4.19. The maximum Gasteiger partial charge on any atom is 0.139 e. The van der Waals surface area contributed by atoms with Gasteiger partial charge in [-0.2, -0.15) is 0 Å². The number of benzene rings is 2. The summed E-state index contributed by atoms with van der Waals surface area (Å²) >= 11 is 3.28. The number of likely N-dealkylation sites (N-methyl/N-ethyl adjacent to an activating group) is 1. The van der Waals surface area contributed by atoms with E-state index in [0.29, 0.717) is 16.0 Å². The number of hydrogen-bond donors (Lipinski definition) is 1. The van der Waals surface area contributed by atoms with Crippen LogP contribution in [0.25, 0.3) is 10.9 Å². The summed E-state index contributed by atoms with van der Waals surface area (Å²) in [7, 11) is 2.19. The largest absolute Gasteiger partial charge is 0.383 e. The van der Waals surface area contributed by atoms with E-state index < -0.39 is 0 Å². The van der Waals surface area contributed by atoms with Crippen LogP contribution in [0.15, 0.2) is 59.2 Å². The normalized spacial score (nSPS) is 18.5. The number of nitrogens with one attached hydrogen (secondary N) is 1. The van der Waals surface area contributed by atoms with Crippen LogP contribution in [0.3, 0.4) is 0 Å². The van der Waals surface area contributed by atoms with Crippen molar-refractivity contribution < 1.29 is 4.39 Å². The van der Waals surface area contributed by atoms with Crippen molar-refractivity contribution in [1.29, 1.82) is 0 Å². The summed E-state index contributed by atoms with van der Waals surface area (Å²) in [4.78, 5) is 9.22. The van der Waals surface area contributed by atoms with Gasteiger partial charge in [0.2, 0.25) is 0 Å². The van der Waals surface area contributed by atoms with Crippen molar-refractivity contribution in [3.63, 3.8) is 0 Å². The van der Waals surface area contributed by atoms with Crippen LogP contribution >= 0.6 is 15.9 Å². The predicted molar refractivity (Wildman–Crippen MR) is 116 cm³/mol. The first-order valence-electron chi connectivity index (χ1n) is 9.57. The lowest BCUT2D eigenvalue weighted by Crippen LogP contribution is -2.48. The lowest BCUT2D eigenvalue weighted by Gasteiger charge is -2.40. The van der Waals surface area contributed by atoms with Gasteiger partial charge in [-0.3, -0.25) is 9.88 Å². The second kappa shape index (κ2) is 8.55. The Morgan fingerprint density at radius 2 is 2.00 bits per heavy atom. The van der Waals surface area contributed by atoms with E-state index in [2.05, 4.69) is 73.4 Å². The predicted octanol–water partition coefficient (Wildman–Crippen LogP) is 4.54. The van der Waals surface area contributed by atoms with Gasteiger partial charge in [0.15, 0.2) is 0 Å². The number of fused-ring (bicyclic) bond motifs is 1. The molecule has 0 aliphatic carbocycles. The van der Waals surface area contributed by atoms with Gasteiger partial charge >= 0.3 is 0 Å². The van der Waals surface area contributed by atoms with E-state index in [1.807, 2.05) is 6.07 Å². The summed E-state index contributed by atoms with van der Waals surface area (Å²) in [5.74, 6) is -0.291. The molecule has 0 saturated carbocycles. The molecule has 146 valence electrons. The number of piperazine rings is 1. The van der Waals surface area contributed by atoms with E-state index >= 15 is 0 Å². The highest BCUT2D eigenvalue weighted by atomic mass is 79.9. The quantitative estimate of drug-likeness (QED) is 0.628. The van der Waals surface area contributed by atoms with Crippen LogP contribution < -0.4 is 5.32 Å². The zero-order valence-corrected chi connectivity index (χ0v) is 17.5. The molecule has 1 aromatic heterocycles. The molecule has 4 nitrogen and oxygen atoms in total. The van der Waals surface area contributed by atoms with Crippen LogP contribution in [0.1, 0.15) is 11.6 Å². The molecule has 1 N–H and O–H groups in total. The topological polar surface area (TPSA) is 31.4 Å². The van der Waals surface area contributed by atoms with Crippen LogP contribution in [0.2, 0.25) is 0 Å². The molecule has 2 aromatic carbocycles. The second-order valence-electron chi connectivity index (χ2n) is 7.29. The van der Waals surface area contributed by atoms with Gasteiger partial charge in [0.25, 0.3) is 0 Å². The smallest absolute Gasteiger partial charge is 0.139 e. The van der Waals surface area contributed by atoms with E-state index in [9.17, 15) is 4.39 Å². The molecule has 0 radical (unpaired) electrons. The monoisotopic (exact) mass is 442 g/mol. The lowest BCUT2D eigenvalue weighted by atomic mass is 10.0. The van der Waals surface area contributed by atoms with E-state index in [0.717, 1.165) is 43.8 Å². The number of anilines is 1. The fourth-order valence-electron chi connectivity index (χ4n) is 3.85. The van der Waals surface area contributed by atoms with Gasteiger partial charge in [-0.15, -0.1) is 0 Å². The first-order chi connectivity index (χ1) is 13.6. The summed E-state index contributed by atoms with van der Waals surface area (Å²) in [6.45, 7) is 4.93. The van der Waals surface area contributed by atoms with E-state index in [-0.39, 0.29) is 5.82 Å². The molecule has 2 heterocycles. The van der Waals surface area contributed by atoms with Crippen LogP contribution in [0.5, 0.6) is 0 Å². The molecule has 1 aliphatic heterocycles. The number of halogens is 2. The molecule has 1 unspecified atom stereocenters. The van der Waals surface area contributed by atoms with Crippen molar-refractivity contribution in [3.05, 3.63) is 70.6 Å². The number of rotatable bonds is 5. The third-order valence-electron chi connectivity index (χ3n) is 5.38. The van der Waals surface area contributed by atoms with Gasteiger partial charge in [-0.1, -0.05) is 30.3 Å². The number of aromatic nitrogens is 1. The van der Waals surface area contributed by atoms with Crippen molar-refractivity contribution in [2.24, 2.45) is 0 Å². The Balaban J connectivity index is 1.47. The molecule has 0 spiro atoms. The number of hydrogen-bond acceptors (Lipinski definition) is 4. The van der Waals surface area contributed by atoms with Crippen LogP contribution in [0, 0.1) is 5.82 Å². The molecule has 28 heavy (non-hydrogen) atoms. The van der Waals surface area contributed by atoms with Gasteiger partial charge in [-0.05, 0) is 40.7 Å². The summed E-state index contributed by atoms with van der Waals surface area (Å²) in [6.07, 6.45) is 1.72. The summed E-state index contributed by atoms with van der Waals surface area (Å²) < 4.78 is 14.3. The summed E-state index contributed by atoms with van der Waals surface area (Å²) in [6, 6.07) is 16.3. The molecule has 0 amide bonds. The van der Waals surface area contributed by atoms with Crippen LogP contribution in [-0.2, 0) is 0 Å². The Morgan fingerprint density at radius 1 is 1.18 bits per heavy atom. The molecule has 1 saturated heterocycles. The number of pyridine rings is 1. The molecule has 0 bridgehead atoms. The highest BCUT2D eigenvalue weighted by Gasteiger charge is 2.26. The van der Waals surface area contributed by atoms with Crippen molar-refractivity contribution in [2.45, 2.75) is 6.04 Å². The summed E-state index contributed by atoms with van der Waals surface area (Å²) in [5.41, 5.74) is 3.01. The average molecular weight is 443 g/mol. The Hall–Kier alpha value is -2.02. The maximum absolute atomic E-state index is 13.8. The SMILES string of the molecule is CN1CCN(CCNc2ccnc3cc(F)c(Br)cc23)C(c2ccccc2)C1. The molecule has 3 aromatic rings. The van der Waals surface area contributed by atoms with E-state index in [1.165, 1.54) is 11.6 Å². The first-order valence-corrected chi connectivity index (χ1v) is 10.4. The van der Waals surface area contributed by atoms with Crippen molar-refractivity contribution >= 4 is 32.5 Å². The van der Waals surface area contributed by atoms with Crippen molar-refractivity contribution in [2.75, 3.05) is 45.1 Å².